The highest BCUT2D eigenvalue weighted by atomic mass is 19.2. The molecule has 1 heterocycles. The van der Waals surface area contributed by atoms with Gasteiger partial charge in [-0.3, -0.25) is 4.90 Å². The van der Waals surface area contributed by atoms with Crippen molar-refractivity contribution in [1.29, 1.82) is 0 Å². The van der Waals surface area contributed by atoms with Gasteiger partial charge >= 0.3 is 0 Å². The summed E-state index contributed by atoms with van der Waals surface area (Å²) in [6.45, 7) is 6.21. The first kappa shape index (κ1) is 14.4. The number of benzene rings is 1. The molecule has 0 spiro atoms. The Labute approximate surface area is 113 Å². The molecule has 1 aromatic carbocycles. The lowest BCUT2D eigenvalue weighted by Crippen LogP contribution is -2.47. The summed E-state index contributed by atoms with van der Waals surface area (Å²) in [5, 5.41) is 0. The molecule has 2 rings (SSSR count). The van der Waals surface area contributed by atoms with Crippen molar-refractivity contribution in [3.63, 3.8) is 0 Å². The summed E-state index contributed by atoms with van der Waals surface area (Å²) in [5.41, 5.74) is 6.99. The van der Waals surface area contributed by atoms with Gasteiger partial charge in [-0.15, -0.1) is 0 Å². The summed E-state index contributed by atoms with van der Waals surface area (Å²) in [6, 6.07) is 4.11. The van der Waals surface area contributed by atoms with Crippen LogP contribution in [0.15, 0.2) is 18.2 Å². The fraction of sp³-hybridized carbons (Fsp3) is 0.600. The number of halogens is 2. The van der Waals surface area contributed by atoms with Gasteiger partial charge in [0.05, 0.1) is 0 Å². The molecule has 2 N–H and O–H groups in total. The zero-order valence-corrected chi connectivity index (χ0v) is 11.6. The van der Waals surface area contributed by atoms with Gasteiger partial charge in [-0.25, -0.2) is 8.78 Å². The van der Waals surface area contributed by atoms with Gasteiger partial charge in [0, 0.05) is 18.6 Å². The highest BCUT2D eigenvalue weighted by Gasteiger charge is 2.31. The molecule has 106 valence electrons. The topological polar surface area (TPSA) is 29.3 Å². The quantitative estimate of drug-likeness (QED) is 0.912. The number of nitrogens with zero attached hydrogens (tertiary/aromatic N) is 1. The molecule has 4 heteroatoms. The molecule has 0 aromatic heterocycles. The largest absolute Gasteiger partial charge is 0.326 e. The molecular formula is C15H22F2N2. The second-order valence-corrected chi connectivity index (χ2v) is 5.81. The molecule has 0 bridgehead atoms. The third-order valence-electron chi connectivity index (χ3n) is 3.67. The molecule has 1 saturated heterocycles. The lowest BCUT2D eigenvalue weighted by molar-refractivity contribution is 0.113. The Kier molecular flexibility index (Phi) is 4.53. The van der Waals surface area contributed by atoms with E-state index in [0.717, 1.165) is 31.5 Å². The van der Waals surface area contributed by atoms with Crippen LogP contribution in [0.3, 0.4) is 0 Å². The first-order valence-corrected chi connectivity index (χ1v) is 6.93. The molecule has 2 unspecified atom stereocenters. The summed E-state index contributed by atoms with van der Waals surface area (Å²) < 4.78 is 26.5. The van der Waals surface area contributed by atoms with E-state index in [4.69, 9.17) is 5.73 Å². The Morgan fingerprint density at radius 3 is 2.68 bits per heavy atom. The molecule has 2 atom stereocenters. The average Bonchev–Trinajstić information content (AvgIpc) is 2.32. The van der Waals surface area contributed by atoms with Crippen LogP contribution < -0.4 is 5.73 Å². The van der Waals surface area contributed by atoms with Crippen LogP contribution in [0, 0.1) is 17.6 Å². The van der Waals surface area contributed by atoms with Crippen LogP contribution in [0.5, 0.6) is 0 Å². The van der Waals surface area contributed by atoms with Crippen molar-refractivity contribution in [2.45, 2.75) is 38.8 Å². The lowest BCUT2D eigenvalue weighted by atomic mass is 9.90. The second-order valence-electron chi connectivity index (χ2n) is 5.81. The maximum atomic E-state index is 13.4. The fourth-order valence-electron chi connectivity index (χ4n) is 2.93. The SMILES string of the molecule is CC(C)CN1CCCC(N)C1c1ccc(F)c(F)c1. The number of likely N-dealkylation sites (tertiary alicyclic amines) is 1. The van der Waals surface area contributed by atoms with Gasteiger partial charge in [-0.05, 0) is 43.0 Å². The van der Waals surface area contributed by atoms with Crippen LogP contribution >= 0.6 is 0 Å². The van der Waals surface area contributed by atoms with E-state index in [2.05, 4.69) is 18.7 Å². The van der Waals surface area contributed by atoms with Crippen LogP contribution in [-0.4, -0.2) is 24.0 Å². The van der Waals surface area contributed by atoms with E-state index < -0.39 is 11.6 Å². The van der Waals surface area contributed by atoms with Gasteiger partial charge in [0.2, 0.25) is 0 Å². The molecule has 19 heavy (non-hydrogen) atoms. The van der Waals surface area contributed by atoms with Gasteiger partial charge in [0.15, 0.2) is 11.6 Å². The van der Waals surface area contributed by atoms with Gasteiger partial charge < -0.3 is 5.73 Å². The minimum atomic E-state index is -0.802. The first-order chi connectivity index (χ1) is 8.99. The molecule has 2 nitrogen and oxygen atoms in total. The van der Waals surface area contributed by atoms with Gasteiger partial charge in [-0.1, -0.05) is 19.9 Å². The fourth-order valence-corrected chi connectivity index (χ4v) is 2.93. The van der Waals surface area contributed by atoms with Crippen LogP contribution in [0.2, 0.25) is 0 Å². The Morgan fingerprint density at radius 2 is 2.05 bits per heavy atom. The monoisotopic (exact) mass is 268 g/mol. The van der Waals surface area contributed by atoms with E-state index >= 15 is 0 Å². The molecule has 0 saturated carbocycles. The highest BCUT2D eigenvalue weighted by molar-refractivity contribution is 5.23. The van der Waals surface area contributed by atoms with E-state index in [-0.39, 0.29) is 12.1 Å². The molecule has 1 aliphatic heterocycles. The Bertz CT molecular complexity index is 434. The molecule has 0 aliphatic carbocycles. The smallest absolute Gasteiger partial charge is 0.159 e. The van der Waals surface area contributed by atoms with Crippen molar-refractivity contribution in [3.05, 3.63) is 35.4 Å². The van der Waals surface area contributed by atoms with Crippen LogP contribution in [0.4, 0.5) is 8.78 Å². The third kappa shape index (κ3) is 3.31. The zero-order chi connectivity index (χ0) is 14.0. The van der Waals surface area contributed by atoms with E-state index in [1.807, 2.05) is 0 Å². The molecule has 1 fully saturated rings. The third-order valence-corrected chi connectivity index (χ3v) is 3.67. The predicted molar refractivity (Wildman–Crippen MR) is 72.7 cm³/mol. The Hall–Kier alpha value is -1.00. The summed E-state index contributed by atoms with van der Waals surface area (Å²) in [5.74, 6) is -1.07. The first-order valence-electron chi connectivity index (χ1n) is 6.93. The minimum Gasteiger partial charge on any atom is -0.326 e. The van der Waals surface area contributed by atoms with Crippen molar-refractivity contribution in [2.24, 2.45) is 11.7 Å². The molecule has 1 aromatic rings. The Morgan fingerprint density at radius 1 is 1.32 bits per heavy atom. The second kappa shape index (κ2) is 5.97. The molecule has 1 aliphatic rings. The zero-order valence-electron chi connectivity index (χ0n) is 11.6. The maximum Gasteiger partial charge on any atom is 0.159 e. The van der Waals surface area contributed by atoms with Crippen molar-refractivity contribution < 1.29 is 8.78 Å². The molecular weight excluding hydrogens is 246 g/mol. The van der Waals surface area contributed by atoms with Gasteiger partial charge in [-0.2, -0.15) is 0 Å². The molecule has 0 amide bonds. The summed E-state index contributed by atoms with van der Waals surface area (Å²) in [6.07, 6.45) is 1.99. The lowest BCUT2D eigenvalue weighted by Gasteiger charge is -2.41. The number of hydrogen-bond acceptors (Lipinski definition) is 2. The van der Waals surface area contributed by atoms with Crippen molar-refractivity contribution in [2.75, 3.05) is 13.1 Å². The van der Waals surface area contributed by atoms with Crippen molar-refractivity contribution in [1.82, 2.24) is 4.90 Å². The average molecular weight is 268 g/mol. The van der Waals surface area contributed by atoms with E-state index in [1.54, 1.807) is 6.07 Å². The Balaban J connectivity index is 2.27. The summed E-state index contributed by atoms with van der Waals surface area (Å²) >= 11 is 0. The number of piperidine rings is 1. The van der Waals surface area contributed by atoms with E-state index in [0.29, 0.717) is 5.92 Å². The number of nitrogens with two attached hydrogens (primary N) is 1. The van der Waals surface area contributed by atoms with Crippen molar-refractivity contribution in [3.8, 4) is 0 Å². The summed E-state index contributed by atoms with van der Waals surface area (Å²) in [7, 11) is 0. The maximum absolute atomic E-state index is 13.4. The number of hydrogen-bond donors (Lipinski definition) is 1. The minimum absolute atomic E-state index is 0.00810. The van der Waals surface area contributed by atoms with Crippen LogP contribution in [-0.2, 0) is 0 Å². The van der Waals surface area contributed by atoms with E-state index in [1.165, 1.54) is 12.1 Å². The standard InChI is InChI=1S/C15H22F2N2/c1-10(2)9-19-7-3-4-14(18)15(19)11-5-6-12(16)13(17)8-11/h5-6,8,10,14-15H,3-4,7,9,18H2,1-2H3. The number of rotatable bonds is 3. The van der Waals surface area contributed by atoms with E-state index in [9.17, 15) is 8.78 Å². The molecule has 0 radical (unpaired) electrons. The highest BCUT2D eigenvalue weighted by Crippen LogP contribution is 2.31. The van der Waals surface area contributed by atoms with Crippen LogP contribution in [0.25, 0.3) is 0 Å². The normalized spacial score (nSPS) is 24.9. The van der Waals surface area contributed by atoms with Crippen molar-refractivity contribution >= 4 is 0 Å². The van der Waals surface area contributed by atoms with Crippen LogP contribution in [0.1, 0.15) is 38.3 Å². The summed E-state index contributed by atoms with van der Waals surface area (Å²) in [4.78, 5) is 2.30. The van der Waals surface area contributed by atoms with Gasteiger partial charge in [0.1, 0.15) is 0 Å². The van der Waals surface area contributed by atoms with Gasteiger partial charge in [0.25, 0.3) is 0 Å². The predicted octanol–water partition coefficient (Wildman–Crippen LogP) is 3.09.